The Morgan fingerprint density at radius 3 is 2.80 bits per heavy atom. The van der Waals surface area contributed by atoms with Crippen molar-refractivity contribution >= 4 is 23.2 Å². The molecule has 2 N–H and O–H groups in total. The molecule has 1 aromatic heterocycles. The van der Waals surface area contributed by atoms with Crippen molar-refractivity contribution in [2.75, 3.05) is 0 Å². The van der Waals surface area contributed by atoms with Crippen LogP contribution in [0, 0.1) is 12.8 Å². The van der Waals surface area contributed by atoms with Crippen LogP contribution in [0.4, 0.5) is 0 Å². The highest BCUT2D eigenvalue weighted by Gasteiger charge is 2.30. The van der Waals surface area contributed by atoms with Crippen LogP contribution in [0.2, 0.25) is 0 Å². The molecular weight excluding hydrogens is 274 g/mol. The first kappa shape index (κ1) is 15.0. The summed E-state index contributed by atoms with van der Waals surface area (Å²) in [6.07, 6.45) is 4.34. The smallest absolute Gasteiger partial charge is 0.306 e. The van der Waals surface area contributed by atoms with Crippen LogP contribution in [0.25, 0.3) is 0 Å². The van der Waals surface area contributed by atoms with Crippen molar-refractivity contribution in [1.82, 2.24) is 5.32 Å². The third-order valence-corrected chi connectivity index (χ3v) is 4.83. The van der Waals surface area contributed by atoms with E-state index in [0.29, 0.717) is 19.3 Å². The number of carboxylic acids is 1. The van der Waals surface area contributed by atoms with Gasteiger partial charge in [-0.1, -0.05) is 0 Å². The molecule has 2 rings (SSSR count). The Kier molecular flexibility index (Phi) is 5.17. The average molecular weight is 295 g/mol. The molecule has 0 saturated heterocycles. The van der Waals surface area contributed by atoms with Gasteiger partial charge in [0.15, 0.2) is 0 Å². The van der Waals surface area contributed by atoms with E-state index in [1.807, 2.05) is 0 Å². The summed E-state index contributed by atoms with van der Waals surface area (Å²) in [7, 11) is 0. The minimum atomic E-state index is -0.741. The molecule has 20 heavy (non-hydrogen) atoms. The zero-order chi connectivity index (χ0) is 14.5. The van der Waals surface area contributed by atoms with E-state index in [1.165, 1.54) is 9.75 Å². The molecule has 4 nitrogen and oxygen atoms in total. The first-order valence-corrected chi connectivity index (χ1v) is 7.93. The van der Waals surface area contributed by atoms with E-state index < -0.39 is 5.97 Å². The summed E-state index contributed by atoms with van der Waals surface area (Å²) in [5.74, 6) is -0.974. The number of rotatable bonds is 6. The topological polar surface area (TPSA) is 66.4 Å². The van der Waals surface area contributed by atoms with E-state index in [4.69, 9.17) is 5.11 Å². The van der Waals surface area contributed by atoms with E-state index in [9.17, 15) is 9.59 Å². The van der Waals surface area contributed by atoms with Crippen LogP contribution in [0.5, 0.6) is 0 Å². The van der Waals surface area contributed by atoms with E-state index in [-0.39, 0.29) is 17.9 Å². The van der Waals surface area contributed by atoms with Crippen molar-refractivity contribution in [2.24, 2.45) is 5.92 Å². The fourth-order valence-electron chi connectivity index (χ4n) is 2.68. The zero-order valence-corrected chi connectivity index (χ0v) is 12.5. The van der Waals surface area contributed by atoms with Gasteiger partial charge in [-0.3, -0.25) is 9.59 Å². The molecule has 1 fully saturated rings. The molecule has 5 heteroatoms. The molecular formula is C15H21NO3S. The lowest BCUT2D eigenvalue weighted by Crippen LogP contribution is -2.33. The molecule has 2 atom stereocenters. The van der Waals surface area contributed by atoms with Gasteiger partial charge in [-0.15, -0.1) is 11.3 Å². The minimum absolute atomic E-state index is 0.0487. The SMILES string of the molecule is Cc1ccc(CCCC(=O)N[C@@H]2CC[C@H](C(=O)O)C2)s1. The Morgan fingerprint density at radius 1 is 1.40 bits per heavy atom. The number of aliphatic carboxylic acids is 1. The van der Waals surface area contributed by atoms with Crippen molar-refractivity contribution in [3.05, 3.63) is 21.9 Å². The quantitative estimate of drug-likeness (QED) is 0.848. The maximum Gasteiger partial charge on any atom is 0.306 e. The number of hydrogen-bond donors (Lipinski definition) is 2. The molecule has 110 valence electrons. The van der Waals surface area contributed by atoms with Crippen LogP contribution in [0.1, 0.15) is 41.9 Å². The lowest BCUT2D eigenvalue weighted by atomic mass is 10.1. The summed E-state index contributed by atoms with van der Waals surface area (Å²) in [5, 5.41) is 11.9. The summed E-state index contributed by atoms with van der Waals surface area (Å²) < 4.78 is 0. The lowest BCUT2D eigenvalue weighted by molar-refractivity contribution is -0.141. The second-order valence-corrected chi connectivity index (χ2v) is 6.85. The molecule has 1 aliphatic rings. The van der Waals surface area contributed by atoms with Crippen LogP contribution in [0.15, 0.2) is 12.1 Å². The Hall–Kier alpha value is -1.36. The maximum atomic E-state index is 11.8. The van der Waals surface area contributed by atoms with Gasteiger partial charge in [-0.2, -0.15) is 0 Å². The molecule has 1 amide bonds. The van der Waals surface area contributed by atoms with Crippen molar-refractivity contribution in [2.45, 2.75) is 51.5 Å². The van der Waals surface area contributed by atoms with E-state index in [0.717, 1.165) is 19.3 Å². The first-order valence-electron chi connectivity index (χ1n) is 7.12. The highest BCUT2D eigenvalue weighted by molar-refractivity contribution is 7.11. The fourth-order valence-corrected chi connectivity index (χ4v) is 3.61. The van der Waals surface area contributed by atoms with Crippen LogP contribution in [-0.4, -0.2) is 23.0 Å². The van der Waals surface area contributed by atoms with Gasteiger partial charge in [-0.05, 0) is 51.2 Å². The van der Waals surface area contributed by atoms with Gasteiger partial charge in [0.25, 0.3) is 0 Å². The predicted molar refractivity (Wildman–Crippen MR) is 78.9 cm³/mol. The first-order chi connectivity index (χ1) is 9.54. The number of hydrogen-bond acceptors (Lipinski definition) is 3. The number of aryl methyl sites for hydroxylation is 2. The molecule has 1 aromatic rings. The number of nitrogens with one attached hydrogen (secondary N) is 1. The molecule has 0 radical (unpaired) electrons. The Balaban J connectivity index is 1.65. The van der Waals surface area contributed by atoms with Gasteiger partial charge in [0.2, 0.25) is 5.91 Å². The normalized spacial score (nSPS) is 21.9. The molecule has 1 aliphatic carbocycles. The third-order valence-electron chi connectivity index (χ3n) is 3.77. The number of thiophene rings is 1. The minimum Gasteiger partial charge on any atom is -0.481 e. The second kappa shape index (κ2) is 6.88. The fraction of sp³-hybridized carbons (Fsp3) is 0.600. The number of carboxylic acid groups (broad SMARTS) is 1. The average Bonchev–Trinajstić information content (AvgIpc) is 2.99. The van der Waals surface area contributed by atoms with Gasteiger partial charge >= 0.3 is 5.97 Å². The van der Waals surface area contributed by atoms with Gasteiger partial charge in [-0.25, -0.2) is 0 Å². The Bertz CT molecular complexity index is 483. The highest BCUT2D eigenvalue weighted by Crippen LogP contribution is 2.25. The summed E-state index contributed by atoms with van der Waals surface area (Å²) in [4.78, 5) is 25.3. The highest BCUT2D eigenvalue weighted by atomic mass is 32.1. The summed E-state index contributed by atoms with van der Waals surface area (Å²) in [6.45, 7) is 2.08. The molecule has 0 aliphatic heterocycles. The molecule has 1 saturated carbocycles. The van der Waals surface area contributed by atoms with Crippen LogP contribution in [-0.2, 0) is 16.0 Å². The van der Waals surface area contributed by atoms with Crippen LogP contribution < -0.4 is 5.32 Å². The van der Waals surface area contributed by atoms with E-state index >= 15 is 0 Å². The Morgan fingerprint density at radius 2 is 2.20 bits per heavy atom. The van der Waals surface area contributed by atoms with Gasteiger partial charge in [0.1, 0.15) is 0 Å². The zero-order valence-electron chi connectivity index (χ0n) is 11.7. The molecule has 0 spiro atoms. The lowest BCUT2D eigenvalue weighted by Gasteiger charge is -2.12. The van der Waals surface area contributed by atoms with Gasteiger partial charge < -0.3 is 10.4 Å². The summed E-state index contributed by atoms with van der Waals surface area (Å²) in [6, 6.07) is 4.27. The van der Waals surface area contributed by atoms with Gasteiger partial charge in [0.05, 0.1) is 5.92 Å². The van der Waals surface area contributed by atoms with Crippen LogP contribution >= 0.6 is 11.3 Å². The van der Waals surface area contributed by atoms with E-state index in [2.05, 4.69) is 24.4 Å². The van der Waals surface area contributed by atoms with Crippen molar-refractivity contribution in [3.8, 4) is 0 Å². The van der Waals surface area contributed by atoms with Crippen molar-refractivity contribution in [3.63, 3.8) is 0 Å². The monoisotopic (exact) mass is 295 g/mol. The summed E-state index contributed by atoms with van der Waals surface area (Å²) in [5.41, 5.74) is 0. The Labute approximate surface area is 123 Å². The second-order valence-electron chi connectivity index (χ2n) is 5.48. The van der Waals surface area contributed by atoms with E-state index in [1.54, 1.807) is 11.3 Å². The van der Waals surface area contributed by atoms with Gasteiger partial charge in [0, 0.05) is 22.2 Å². The standard InChI is InChI=1S/C15H21NO3S/c1-10-5-8-13(20-10)3-2-4-14(17)16-12-7-6-11(9-12)15(18)19/h5,8,11-12H,2-4,6-7,9H2,1H3,(H,16,17)(H,18,19)/t11-,12+/m0/s1. The largest absolute Gasteiger partial charge is 0.481 e. The van der Waals surface area contributed by atoms with Crippen LogP contribution in [0.3, 0.4) is 0 Å². The molecule has 1 heterocycles. The number of carbonyl (C=O) groups excluding carboxylic acids is 1. The molecule has 0 bridgehead atoms. The molecule has 0 aromatic carbocycles. The van der Waals surface area contributed by atoms with Crippen molar-refractivity contribution in [1.29, 1.82) is 0 Å². The predicted octanol–water partition coefficient (Wildman–Crippen LogP) is 2.75. The maximum absolute atomic E-state index is 11.8. The summed E-state index contributed by atoms with van der Waals surface area (Å²) >= 11 is 1.78. The molecule has 0 unspecified atom stereocenters. The number of amides is 1. The number of carbonyl (C=O) groups is 2. The van der Waals surface area contributed by atoms with Crippen molar-refractivity contribution < 1.29 is 14.7 Å². The third kappa shape index (κ3) is 4.34.